The van der Waals surface area contributed by atoms with Crippen LogP contribution in [0.3, 0.4) is 0 Å². The number of carbonyl (C=O) groups excluding carboxylic acids is 2. The van der Waals surface area contributed by atoms with Crippen molar-refractivity contribution in [3.63, 3.8) is 0 Å². The number of pyridine rings is 1. The third-order valence-corrected chi connectivity index (χ3v) is 5.64. The Kier molecular flexibility index (Phi) is 6.71. The molecule has 0 N–H and O–H groups in total. The average Bonchev–Trinajstić information content (AvgIpc) is 2.84. The zero-order valence-electron chi connectivity index (χ0n) is 18.0. The quantitative estimate of drug-likeness (QED) is 0.331. The van der Waals surface area contributed by atoms with Crippen LogP contribution in [-0.2, 0) is 22.6 Å². The maximum Gasteiger partial charge on any atom is 0.338 e. The molecule has 0 amide bonds. The number of hydrogen-bond acceptors (Lipinski definition) is 4. The molecular weight excluding hydrogens is 398 g/mol. The summed E-state index contributed by atoms with van der Waals surface area (Å²) >= 11 is 0. The number of rotatable bonds is 8. The molecule has 0 saturated carbocycles. The molecule has 4 heteroatoms. The fourth-order valence-electron chi connectivity index (χ4n) is 3.87. The van der Waals surface area contributed by atoms with E-state index in [1.807, 2.05) is 73.8 Å². The lowest BCUT2D eigenvalue weighted by Gasteiger charge is -2.15. The molecule has 4 nitrogen and oxygen atoms in total. The first-order valence-corrected chi connectivity index (χ1v) is 10.8. The smallest absolute Gasteiger partial charge is 0.338 e. The van der Waals surface area contributed by atoms with Crippen LogP contribution in [0.25, 0.3) is 10.8 Å². The first-order valence-electron chi connectivity index (χ1n) is 10.8. The number of nitrogens with zero attached hydrogens (tertiary/aromatic N) is 1. The molecule has 1 unspecified atom stereocenters. The van der Waals surface area contributed by atoms with Gasteiger partial charge in [0.25, 0.3) is 0 Å². The van der Waals surface area contributed by atoms with Crippen LogP contribution in [0.2, 0.25) is 0 Å². The molecule has 0 aliphatic rings. The summed E-state index contributed by atoms with van der Waals surface area (Å²) in [5.74, 6) is -0.310. The van der Waals surface area contributed by atoms with E-state index < -0.39 is 0 Å². The van der Waals surface area contributed by atoms with Crippen molar-refractivity contribution in [1.29, 1.82) is 0 Å². The summed E-state index contributed by atoms with van der Waals surface area (Å²) in [5.41, 5.74) is 3.42. The van der Waals surface area contributed by atoms with Crippen LogP contribution in [0.15, 0.2) is 91.3 Å². The van der Waals surface area contributed by atoms with Crippen molar-refractivity contribution in [2.75, 3.05) is 0 Å². The zero-order chi connectivity index (χ0) is 22.3. The summed E-state index contributed by atoms with van der Waals surface area (Å²) < 4.78 is 5.39. The van der Waals surface area contributed by atoms with Crippen molar-refractivity contribution in [3.05, 3.63) is 114 Å². The van der Waals surface area contributed by atoms with Gasteiger partial charge in [-0.15, -0.1) is 0 Å². The van der Waals surface area contributed by atoms with E-state index >= 15 is 0 Å². The summed E-state index contributed by atoms with van der Waals surface area (Å²) in [6, 6.07) is 24.7. The molecule has 1 aromatic heterocycles. The van der Waals surface area contributed by atoms with Gasteiger partial charge in [0.15, 0.2) is 0 Å². The van der Waals surface area contributed by atoms with Gasteiger partial charge in [-0.25, -0.2) is 4.79 Å². The van der Waals surface area contributed by atoms with Crippen LogP contribution < -0.4 is 0 Å². The maximum atomic E-state index is 13.1. The number of ether oxygens (including phenoxy) is 1. The molecule has 4 aromatic rings. The van der Waals surface area contributed by atoms with E-state index in [0.29, 0.717) is 12.0 Å². The van der Waals surface area contributed by atoms with Crippen molar-refractivity contribution in [2.45, 2.75) is 32.3 Å². The predicted octanol–water partition coefficient (Wildman–Crippen LogP) is 5.90. The molecule has 0 fully saturated rings. The molecule has 0 saturated heterocycles. The fourth-order valence-corrected chi connectivity index (χ4v) is 3.87. The predicted molar refractivity (Wildman–Crippen MR) is 125 cm³/mol. The van der Waals surface area contributed by atoms with Gasteiger partial charge in [-0.05, 0) is 46.7 Å². The molecule has 3 aromatic carbocycles. The Hall–Kier alpha value is -3.79. The molecule has 160 valence electrons. The second kappa shape index (κ2) is 10.0. The average molecular weight is 424 g/mol. The second-order valence-corrected chi connectivity index (χ2v) is 7.84. The zero-order valence-corrected chi connectivity index (χ0v) is 18.0. The van der Waals surface area contributed by atoms with Gasteiger partial charge in [-0.1, -0.05) is 67.6 Å². The van der Waals surface area contributed by atoms with Gasteiger partial charge in [0.1, 0.15) is 12.4 Å². The van der Waals surface area contributed by atoms with E-state index in [1.54, 1.807) is 18.3 Å². The summed E-state index contributed by atoms with van der Waals surface area (Å²) in [4.78, 5) is 29.3. The van der Waals surface area contributed by atoms with E-state index in [1.165, 1.54) is 0 Å². The third kappa shape index (κ3) is 5.09. The standard InChI is InChI=1S/C28H25NO3/c1-2-26(27(30)17-21-10-13-25-18-29-15-14-24(25)16-21)22-11-8-20(9-12-22)19-32-28(31)23-6-4-3-5-7-23/h3-16,18,26H,2,17,19H2,1H3. The topological polar surface area (TPSA) is 56.3 Å². The van der Waals surface area contributed by atoms with Crippen molar-refractivity contribution in [2.24, 2.45) is 0 Å². The lowest BCUT2D eigenvalue weighted by Crippen LogP contribution is -2.14. The van der Waals surface area contributed by atoms with E-state index in [-0.39, 0.29) is 24.3 Å². The number of hydrogen-bond donors (Lipinski definition) is 0. The van der Waals surface area contributed by atoms with Crippen LogP contribution >= 0.6 is 0 Å². The van der Waals surface area contributed by atoms with E-state index in [4.69, 9.17) is 4.74 Å². The Morgan fingerprint density at radius 3 is 2.38 bits per heavy atom. The normalized spacial score (nSPS) is 11.8. The Morgan fingerprint density at radius 1 is 0.875 bits per heavy atom. The first kappa shape index (κ1) is 21.4. The highest BCUT2D eigenvalue weighted by Gasteiger charge is 2.19. The van der Waals surface area contributed by atoms with Crippen LogP contribution in [-0.4, -0.2) is 16.7 Å². The molecule has 0 radical (unpaired) electrons. The van der Waals surface area contributed by atoms with Crippen molar-refractivity contribution < 1.29 is 14.3 Å². The number of benzene rings is 3. The molecule has 0 bridgehead atoms. The van der Waals surface area contributed by atoms with Gasteiger partial charge in [0.05, 0.1) is 5.56 Å². The maximum absolute atomic E-state index is 13.1. The van der Waals surface area contributed by atoms with Gasteiger partial charge in [0, 0.05) is 30.1 Å². The van der Waals surface area contributed by atoms with Crippen molar-refractivity contribution in [1.82, 2.24) is 4.98 Å². The lowest BCUT2D eigenvalue weighted by atomic mass is 9.88. The van der Waals surface area contributed by atoms with E-state index in [9.17, 15) is 9.59 Å². The van der Waals surface area contributed by atoms with Gasteiger partial charge in [-0.2, -0.15) is 0 Å². The van der Waals surface area contributed by atoms with Crippen LogP contribution in [0.5, 0.6) is 0 Å². The largest absolute Gasteiger partial charge is 0.457 e. The van der Waals surface area contributed by atoms with Crippen LogP contribution in [0, 0.1) is 0 Å². The highest BCUT2D eigenvalue weighted by atomic mass is 16.5. The number of esters is 1. The molecule has 32 heavy (non-hydrogen) atoms. The number of aromatic nitrogens is 1. The molecule has 1 atom stereocenters. The third-order valence-electron chi connectivity index (χ3n) is 5.64. The highest BCUT2D eigenvalue weighted by molar-refractivity contribution is 5.90. The minimum absolute atomic E-state index is 0.163. The summed E-state index contributed by atoms with van der Waals surface area (Å²) in [7, 11) is 0. The molecular formula is C28H25NO3. The van der Waals surface area contributed by atoms with E-state index in [0.717, 1.165) is 33.9 Å². The van der Waals surface area contributed by atoms with Crippen molar-refractivity contribution in [3.8, 4) is 0 Å². The van der Waals surface area contributed by atoms with Gasteiger partial charge < -0.3 is 4.74 Å². The number of carbonyl (C=O) groups is 2. The minimum atomic E-state index is -0.345. The Labute approximate surface area is 187 Å². The SMILES string of the molecule is CCC(C(=O)Cc1ccc2cnccc2c1)c1ccc(COC(=O)c2ccccc2)cc1. The number of Topliss-reactive ketones (excluding diaryl/α,β-unsaturated/α-hetero) is 1. The minimum Gasteiger partial charge on any atom is -0.457 e. The second-order valence-electron chi connectivity index (χ2n) is 7.84. The van der Waals surface area contributed by atoms with Gasteiger partial charge >= 0.3 is 5.97 Å². The molecule has 0 aliphatic carbocycles. The van der Waals surface area contributed by atoms with E-state index in [2.05, 4.69) is 11.1 Å². The summed E-state index contributed by atoms with van der Waals surface area (Å²) in [6.45, 7) is 2.23. The molecule has 0 aliphatic heterocycles. The molecule has 1 heterocycles. The lowest BCUT2D eigenvalue weighted by molar-refractivity contribution is -0.119. The summed E-state index contributed by atoms with van der Waals surface area (Å²) in [5, 5.41) is 2.16. The molecule has 0 spiro atoms. The van der Waals surface area contributed by atoms with Gasteiger partial charge in [0.2, 0.25) is 0 Å². The van der Waals surface area contributed by atoms with Crippen LogP contribution in [0.4, 0.5) is 0 Å². The van der Waals surface area contributed by atoms with Crippen molar-refractivity contribution >= 4 is 22.5 Å². The van der Waals surface area contributed by atoms with Gasteiger partial charge in [-0.3, -0.25) is 9.78 Å². The fraction of sp³-hybridized carbons (Fsp3) is 0.179. The summed E-state index contributed by atoms with van der Waals surface area (Å²) in [6.07, 6.45) is 4.72. The highest BCUT2D eigenvalue weighted by Crippen LogP contribution is 2.24. The Morgan fingerprint density at radius 2 is 1.62 bits per heavy atom. The monoisotopic (exact) mass is 423 g/mol. The Bertz CT molecular complexity index is 1220. The number of ketones is 1. The molecule has 4 rings (SSSR count). The first-order chi connectivity index (χ1) is 15.6. The number of fused-ring (bicyclic) bond motifs is 1. The Balaban J connectivity index is 1.39. The van der Waals surface area contributed by atoms with Crippen LogP contribution in [0.1, 0.15) is 46.3 Å².